The monoisotopic (exact) mass is 533 g/mol. The maximum atomic E-state index is 11.9. The molecular formula is C31H39N3O5. The predicted molar refractivity (Wildman–Crippen MR) is 149 cm³/mol. The van der Waals surface area contributed by atoms with E-state index < -0.39 is 5.60 Å². The van der Waals surface area contributed by atoms with E-state index in [-0.39, 0.29) is 35.3 Å². The van der Waals surface area contributed by atoms with Crippen LogP contribution in [0.25, 0.3) is 0 Å². The lowest BCUT2D eigenvalue weighted by Crippen LogP contribution is -2.46. The summed E-state index contributed by atoms with van der Waals surface area (Å²) in [5.74, 6) is 1.42. The van der Waals surface area contributed by atoms with Crippen molar-refractivity contribution in [3.8, 4) is 17.5 Å². The van der Waals surface area contributed by atoms with Crippen LogP contribution in [0.3, 0.4) is 0 Å². The summed E-state index contributed by atoms with van der Waals surface area (Å²) in [6.45, 7) is 13.5. The molecule has 0 aliphatic heterocycles. The molecule has 0 bridgehead atoms. The Morgan fingerprint density at radius 1 is 0.846 bits per heavy atom. The number of aliphatic hydroxyl groups is 1. The third-order valence-electron chi connectivity index (χ3n) is 6.73. The molecule has 2 aromatic carbocycles. The first-order chi connectivity index (χ1) is 18.2. The number of alkyl carbamates (subject to hydrolysis) is 1. The fraction of sp³-hybridized carbons (Fsp3) is 0.452. The zero-order valence-electron chi connectivity index (χ0n) is 23.8. The van der Waals surface area contributed by atoms with Gasteiger partial charge in [0.25, 0.3) is 0 Å². The smallest absolute Gasteiger partial charge is 0.407 e. The van der Waals surface area contributed by atoms with Gasteiger partial charge in [-0.2, -0.15) is 4.98 Å². The first-order valence-corrected chi connectivity index (χ1v) is 13.3. The van der Waals surface area contributed by atoms with Crippen LogP contribution in [0.5, 0.6) is 17.5 Å². The molecule has 0 spiro atoms. The lowest BCUT2D eigenvalue weighted by atomic mass is 9.78. The van der Waals surface area contributed by atoms with Crippen LogP contribution in [-0.4, -0.2) is 38.9 Å². The van der Waals surface area contributed by atoms with Gasteiger partial charge < -0.3 is 24.6 Å². The van der Waals surface area contributed by atoms with Gasteiger partial charge in [0, 0.05) is 30.0 Å². The Bertz CT molecular complexity index is 1270. The molecule has 0 unspecified atom stereocenters. The van der Waals surface area contributed by atoms with E-state index in [1.165, 1.54) is 0 Å². The molecule has 3 aromatic rings. The van der Waals surface area contributed by atoms with Gasteiger partial charge in [0.15, 0.2) is 0 Å². The molecule has 39 heavy (non-hydrogen) atoms. The van der Waals surface area contributed by atoms with E-state index in [2.05, 4.69) is 41.3 Å². The van der Waals surface area contributed by atoms with Gasteiger partial charge in [-0.05, 0) is 76.1 Å². The second kappa shape index (κ2) is 10.8. The molecule has 1 amide bonds. The van der Waals surface area contributed by atoms with Gasteiger partial charge in [0.05, 0.1) is 5.69 Å². The highest BCUT2D eigenvalue weighted by atomic mass is 16.6. The summed E-state index contributed by atoms with van der Waals surface area (Å²) in [6.07, 6.45) is 2.49. The summed E-state index contributed by atoms with van der Waals surface area (Å²) in [5.41, 5.74) is 1.13. The van der Waals surface area contributed by atoms with Crippen LogP contribution in [0.1, 0.15) is 78.1 Å². The fourth-order valence-corrected chi connectivity index (χ4v) is 4.28. The average molecular weight is 534 g/mol. The SMILES string of the molecule is CC(C)(C)NC(=O)OC1CC(Oc2ccc(C(C)(C)c3ccc(Oc4nccc(C(C)(C)O)n4)cc3)cc2)C1. The topological polar surface area (TPSA) is 103 Å². The van der Waals surface area contributed by atoms with Crippen LogP contribution in [0, 0.1) is 0 Å². The molecule has 2 N–H and O–H groups in total. The van der Waals surface area contributed by atoms with Gasteiger partial charge in [0.1, 0.15) is 29.3 Å². The Kier molecular flexibility index (Phi) is 7.89. The number of nitrogens with one attached hydrogen (secondary N) is 1. The van der Waals surface area contributed by atoms with Crippen molar-refractivity contribution in [1.29, 1.82) is 0 Å². The number of ether oxygens (including phenoxy) is 3. The molecule has 0 radical (unpaired) electrons. The summed E-state index contributed by atoms with van der Waals surface area (Å²) in [4.78, 5) is 20.4. The first-order valence-electron chi connectivity index (χ1n) is 13.3. The molecule has 4 rings (SSSR count). The lowest BCUT2D eigenvalue weighted by molar-refractivity contribution is -0.0243. The van der Waals surface area contributed by atoms with Crippen molar-refractivity contribution in [2.45, 2.75) is 90.1 Å². The average Bonchev–Trinajstić information content (AvgIpc) is 2.82. The molecule has 1 fully saturated rings. The third-order valence-corrected chi connectivity index (χ3v) is 6.73. The minimum absolute atomic E-state index is 0.0389. The molecule has 1 aromatic heterocycles. The molecule has 208 valence electrons. The number of hydrogen-bond donors (Lipinski definition) is 2. The number of hydrogen-bond acceptors (Lipinski definition) is 7. The van der Waals surface area contributed by atoms with Crippen molar-refractivity contribution in [1.82, 2.24) is 15.3 Å². The summed E-state index contributed by atoms with van der Waals surface area (Å²) in [5, 5.41) is 13.0. The molecule has 8 nitrogen and oxygen atoms in total. The normalized spacial score (nSPS) is 17.6. The predicted octanol–water partition coefficient (Wildman–Crippen LogP) is 6.26. The van der Waals surface area contributed by atoms with Crippen molar-refractivity contribution in [2.24, 2.45) is 0 Å². The third kappa shape index (κ3) is 7.47. The van der Waals surface area contributed by atoms with E-state index >= 15 is 0 Å². The van der Waals surface area contributed by atoms with Crippen LogP contribution in [0.15, 0.2) is 60.8 Å². The van der Waals surface area contributed by atoms with Gasteiger partial charge in [-0.3, -0.25) is 0 Å². The van der Waals surface area contributed by atoms with Gasteiger partial charge in [-0.15, -0.1) is 0 Å². The molecule has 1 aliphatic carbocycles. The summed E-state index contributed by atoms with van der Waals surface area (Å²) in [7, 11) is 0. The zero-order valence-corrected chi connectivity index (χ0v) is 23.8. The quantitative estimate of drug-likeness (QED) is 0.352. The summed E-state index contributed by atoms with van der Waals surface area (Å²) >= 11 is 0. The Morgan fingerprint density at radius 2 is 1.41 bits per heavy atom. The van der Waals surface area contributed by atoms with Crippen LogP contribution in [0.4, 0.5) is 4.79 Å². The standard InChI is InChI=1S/C31H39N3O5/c1-29(2,3)34-28(35)39-25-18-24(19-25)37-22-12-8-20(9-13-22)30(4,5)21-10-14-23(15-11-21)38-27-32-17-16-26(33-27)31(6,7)36/h8-17,24-25,36H,18-19H2,1-7H3,(H,34,35). The van der Waals surface area contributed by atoms with Gasteiger partial charge in [0.2, 0.25) is 0 Å². The molecule has 1 heterocycles. The molecule has 0 atom stereocenters. The van der Waals surface area contributed by atoms with Crippen molar-refractivity contribution in [3.05, 3.63) is 77.6 Å². The van der Waals surface area contributed by atoms with E-state index in [0.717, 1.165) is 16.9 Å². The number of nitrogens with zero attached hydrogens (tertiary/aromatic N) is 2. The van der Waals surface area contributed by atoms with E-state index in [9.17, 15) is 9.90 Å². The highest BCUT2D eigenvalue weighted by Gasteiger charge is 2.34. The van der Waals surface area contributed by atoms with Crippen molar-refractivity contribution < 1.29 is 24.1 Å². The second-order valence-electron chi connectivity index (χ2n) is 12.2. The Balaban J connectivity index is 1.32. The van der Waals surface area contributed by atoms with Gasteiger partial charge >= 0.3 is 12.1 Å². The number of benzene rings is 2. The fourth-order valence-electron chi connectivity index (χ4n) is 4.28. The summed E-state index contributed by atoms with van der Waals surface area (Å²) < 4.78 is 17.4. The molecule has 8 heteroatoms. The van der Waals surface area contributed by atoms with Crippen LogP contribution in [-0.2, 0) is 15.8 Å². The Morgan fingerprint density at radius 3 is 1.95 bits per heavy atom. The number of amides is 1. The number of aromatic nitrogens is 2. The first kappa shape index (κ1) is 28.4. The molecule has 1 saturated carbocycles. The van der Waals surface area contributed by atoms with E-state index in [1.807, 2.05) is 57.2 Å². The number of carbonyl (C=O) groups excluding carboxylic acids is 1. The van der Waals surface area contributed by atoms with Crippen LogP contribution in [0.2, 0.25) is 0 Å². The largest absolute Gasteiger partial charge is 0.490 e. The molecular weight excluding hydrogens is 494 g/mol. The van der Waals surface area contributed by atoms with Crippen molar-refractivity contribution in [2.75, 3.05) is 0 Å². The van der Waals surface area contributed by atoms with E-state index in [1.54, 1.807) is 26.1 Å². The van der Waals surface area contributed by atoms with E-state index in [0.29, 0.717) is 24.3 Å². The van der Waals surface area contributed by atoms with Gasteiger partial charge in [-0.1, -0.05) is 38.1 Å². The minimum atomic E-state index is -1.08. The highest BCUT2D eigenvalue weighted by Crippen LogP contribution is 2.35. The zero-order chi connectivity index (χ0) is 28.4. The maximum Gasteiger partial charge on any atom is 0.407 e. The van der Waals surface area contributed by atoms with Crippen molar-refractivity contribution >= 4 is 6.09 Å². The lowest BCUT2D eigenvalue weighted by Gasteiger charge is -2.35. The van der Waals surface area contributed by atoms with E-state index in [4.69, 9.17) is 14.2 Å². The number of carbonyl (C=O) groups is 1. The Labute approximate surface area is 230 Å². The number of rotatable bonds is 8. The highest BCUT2D eigenvalue weighted by molar-refractivity contribution is 5.68. The summed E-state index contributed by atoms with van der Waals surface area (Å²) in [6, 6.07) is 17.9. The molecule has 1 aliphatic rings. The van der Waals surface area contributed by atoms with Gasteiger partial charge in [-0.25, -0.2) is 9.78 Å². The second-order valence-corrected chi connectivity index (χ2v) is 12.2. The van der Waals surface area contributed by atoms with Crippen LogP contribution >= 0.6 is 0 Å². The van der Waals surface area contributed by atoms with Crippen LogP contribution < -0.4 is 14.8 Å². The molecule has 0 saturated heterocycles. The van der Waals surface area contributed by atoms with Crippen molar-refractivity contribution in [3.63, 3.8) is 0 Å². The Hall–Kier alpha value is -3.65. The minimum Gasteiger partial charge on any atom is -0.490 e. The maximum absolute atomic E-state index is 11.9.